The molecule has 0 aliphatic carbocycles. The van der Waals surface area contributed by atoms with Gasteiger partial charge in [0.2, 0.25) is 0 Å². The molecule has 22 heavy (non-hydrogen) atoms. The Bertz CT molecular complexity index is 713. The second kappa shape index (κ2) is 5.45. The zero-order valence-corrected chi connectivity index (χ0v) is 12.2. The van der Waals surface area contributed by atoms with Crippen molar-refractivity contribution >= 4 is 11.9 Å². The zero-order chi connectivity index (χ0) is 14.9. The minimum Gasteiger partial charge on any atom is -0.408 e. The monoisotopic (exact) mass is 302 g/mol. The van der Waals surface area contributed by atoms with Crippen LogP contribution in [0.2, 0.25) is 0 Å². The van der Waals surface area contributed by atoms with Gasteiger partial charge in [-0.25, -0.2) is 9.78 Å². The molecule has 2 saturated heterocycles. The molecule has 116 valence electrons. The average Bonchev–Trinajstić information content (AvgIpc) is 3.04. The molecule has 0 spiro atoms. The van der Waals surface area contributed by atoms with Gasteiger partial charge in [-0.2, -0.15) is 0 Å². The van der Waals surface area contributed by atoms with E-state index < -0.39 is 0 Å². The van der Waals surface area contributed by atoms with Crippen LogP contribution < -0.4 is 26.1 Å². The van der Waals surface area contributed by atoms with Gasteiger partial charge in [-0.05, 0) is 0 Å². The molecule has 3 aliphatic heterocycles. The van der Waals surface area contributed by atoms with E-state index in [1.54, 1.807) is 17.2 Å². The SMILES string of the molecule is O=C(Oc1cnc2c(c1)=NCN1CCNC=21)N1CCNCC1. The van der Waals surface area contributed by atoms with E-state index in [1.165, 1.54) is 0 Å². The number of fused-ring (bicyclic) bond motifs is 2. The third-order valence-corrected chi connectivity index (χ3v) is 4.05. The second-order valence-electron chi connectivity index (χ2n) is 5.48. The van der Waals surface area contributed by atoms with Crippen LogP contribution in [0.25, 0.3) is 5.82 Å². The largest absolute Gasteiger partial charge is 0.415 e. The van der Waals surface area contributed by atoms with E-state index in [0.717, 1.165) is 42.7 Å². The normalized spacial score (nSPS) is 19.9. The predicted octanol–water partition coefficient (Wildman–Crippen LogP) is -1.95. The minimum absolute atomic E-state index is 0.327. The summed E-state index contributed by atoms with van der Waals surface area (Å²) in [7, 11) is 0. The number of carbonyl (C=O) groups is 1. The summed E-state index contributed by atoms with van der Waals surface area (Å²) in [5.41, 5.74) is 0. The first-order valence-electron chi connectivity index (χ1n) is 7.52. The summed E-state index contributed by atoms with van der Waals surface area (Å²) < 4.78 is 5.42. The van der Waals surface area contributed by atoms with Crippen LogP contribution in [-0.4, -0.2) is 66.8 Å². The number of piperazine rings is 1. The number of carbonyl (C=O) groups excluding carboxylic acids is 1. The van der Waals surface area contributed by atoms with Crippen LogP contribution in [0.4, 0.5) is 4.79 Å². The molecule has 2 N–H and O–H groups in total. The Kier molecular flexibility index (Phi) is 3.30. The molecule has 1 aromatic rings. The molecule has 3 aliphatic rings. The van der Waals surface area contributed by atoms with Gasteiger partial charge in [-0.15, -0.1) is 0 Å². The highest BCUT2D eigenvalue weighted by Gasteiger charge is 2.22. The number of nitrogens with zero attached hydrogens (tertiary/aromatic N) is 4. The lowest BCUT2D eigenvalue weighted by Crippen LogP contribution is -2.47. The van der Waals surface area contributed by atoms with E-state index in [9.17, 15) is 4.79 Å². The van der Waals surface area contributed by atoms with Crippen molar-refractivity contribution in [1.82, 2.24) is 25.4 Å². The molecule has 8 heteroatoms. The van der Waals surface area contributed by atoms with Gasteiger partial charge in [0, 0.05) is 45.3 Å². The highest BCUT2D eigenvalue weighted by atomic mass is 16.6. The minimum atomic E-state index is -0.327. The smallest absolute Gasteiger partial charge is 0.408 e. The number of rotatable bonds is 1. The summed E-state index contributed by atoms with van der Waals surface area (Å²) in [6.45, 7) is 5.40. The molecule has 8 nitrogen and oxygen atoms in total. The van der Waals surface area contributed by atoms with Crippen LogP contribution in [0.15, 0.2) is 17.3 Å². The number of aromatic nitrogens is 1. The molecule has 2 fully saturated rings. The summed E-state index contributed by atoms with van der Waals surface area (Å²) in [4.78, 5) is 24.9. The molecule has 1 aromatic heterocycles. The molecular weight excluding hydrogens is 284 g/mol. The average molecular weight is 302 g/mol. The van der Waals surface area contributed by atoms with E-state index in [1.807, 2.05) is 0 Å². The molecule has 4 rings (SSSR count). The van der Waals surface area contributed by atoms with Gasteiger partial charge >= 0.3 is 6.09 Å². The Morgan fingerprint density at radius 3 is 2.95 bits per heavy atom. The number of hydrogen-bond acceptors (Lipinski definition) is 7. The van der Waals surface area contributed by atoms with Crippen LogP contribution >= 0.6 is 0 Å². The van der Waals surface area contributed by atoms with Gasteiger partial charge in [-0.1, -0.05) is 0 Å². The van der Waals surface area contributed by atoms with Gasteiger partial charge in [0.15, 0.2) is 5.75 Å². The van der Waals surface area contributed by atoms with Crippen LogP contribution in [0, 0.1) is 0 Å². The van der Waals surface area contributed by atoms with Crippen LogP contribution in [0.5, 0.6) is 5.75 Å². The Hall–Kier alpha value is -2.35. The van der Waals surface area contributed by atoms with E-state index in [0.29, 0.717) is 25.5 Å². The van der Waals surface area contributed by atoms with Crippen molar-refractivity contribution in [1.29, 1.82) is 0 Å². The van der Waals surface area contributed by atoms with Crippen molar-refractivity contribution < 1.29 is 9.53 Å². The van der Waals surface area contributed by atoms with Crippen molar-refractivity contribution in [2.45, 2.75) is 0 Å². The molecule has 0 aromatic carbocycles. The zero-order valence-electron chi connectivity index (χ0n) is 12.2. The molecule has 4 heterocycles. The summed E-state index contributed by atoms with van der Waals surface area (Å²) >= 11 is 0. The number of hydrogen-bond donors (Lipinski definition) is 2. The lowest BCUT2D eigenvalue weighted by atomic mass is 10.3. The maximum Gasteiger partial charge on any atom is 0.415 e. The maximum atomic E-state index is 12.1. The standard InChI is InChI=1S/C14H18N6O2/c21-14(19-4-1-15-2-5-19)22-10-7-11-12(17-8-10)13-16-3-6-20(13)9-18-11/h7-8,15-16H,1-6,9H2. The molecule has 0 unspecified atom stereocenters. The fourth-order valence-electron chi connectivity index (χ4n) is 2.88. The van der Waals surface area contributed by atoms with Crippen molar-refractivity contribution in [3.05, 3.63) is 23.0 Å². The summed E-state index contributed by atoms with van der Waals surface area (Å²) in [5.74, 6) is 1.46. The molecule has 0 radical (unpaired) electrons. The number of ether oxygens (including phenoxy) is 1. The van der Waals surface area contributed by atoms with Gasteiger partial charge < -0.3 is 25.2 Å². The fraction of sp³-hybridized carbons (Fsp3) is 0.500. The molecule has 0 atom stereocenters. The lowest BCUT2D eigenvalue weighted by Gasteiger charge is -2.26. The van der Waals surface area contributed by atoms with Crippen LogP contribution in [-0.2, 0) is 0 Å². The van der Waals surface area contributed by atoms with Crippen molar-refractivity contribution in [2.75, 3.05) is 45.9 Å². The van der Waals surface area contributed by atoms with E-state index in [2.05, 4.69) is 25.5 Å². The van der Waals surface area contributed by atoms with E-state index >= 15 is 0 Å². The van der Waals surface area contributed by atoms with Gasteiger partial charge in [-0.3, -0.25) is 4.99 Å². The number of pyridine rings is 1. The van der Waals surface area contributed by atoms with E-state index in [4.69, 9.17) is 4.74 Å². The summed E-state index contributed by atoms with van der Waals surface area (Å²) in [6.07, 6.45) is 1.26. The first kappa shape index (κ1) is 13.3. The Morgan fingerprint density at radius 2 is 2.09 bits per heavy atom. The first-order chi connectivity index (χ1) is 10.8. The van der Waals surface area contributed by atoms with Crippen molar-refractivity contribution in [3.63, 3.8) is 0 Å². The predicted molar refractivity (Wildman–Crippen MR) is 78.5 cm³/mol. The van der Waals surface area contributed by atoms with Gasteiger partial charge in [0.25, 0.3) is 0 Å². The number of nitrogens with one attached hydrogen (secondary N) is 2. The maximum absolute atomic E-state index is 12.1. The quantitative estimate of drug-likeness (QED) is 0.627. The van der Waals surface area contributed by atoms with Crippen molar-refractivity contribution in [3.8, 4) is 5.75 Å². The number of amides is 1. The highest BCUT2D eigenvalue weighted by Crippen LogP contribution is 2.10. The third-order valence-electron chi connectivity index (χ3n) is 4.05. The Morgan fingerprint density at radius 1 is 1.23 bits per heavy atom. The third kappa shape index (κ3) is 2.35. The first-order valence-corrected chi connectivity index (χ1v) is 7.52. The summed E-state index contributed by atoms with van der Waals surface area (Å²) in [5, 5.41) is 8.12. The molecular formula is C14H18N6O2. The topological polar surface area (TPSA) is 82.1 Å². The van der Waals surface area contributed by atoms with Gasteiger partial charge in [0.05, 0.1) is 11.6 Å². The highest BCUT2D eigenvalue weighted by molar-refractivity contribution is 5.70. The van der Waals surface area contributed by atoms with Crippen LogP contribution in [0.1, 0.15) is 0 Å². The fourth-order valence-corrected chi connectivity index (χ4v) is 2.88. The molecule has 1 amide bonds. The van der Waals surface area contributed by atoms with Crippen molar-refractivity contribution in [2.24, 2.45) is 4.99 Å². The van der Waals surface area contributed by atoms with Crippen LogP contribution in [0.3, 0.4) is 0 Å². The second-order valence-corrected chi connectivity index (χ2v) is 5.48. The van der Waals surface area contributed by atoms with E-state index in [-0.39, 0.29) is 6.09 Å². The molecule has 0 saturated carbocycles. The van der Waals surface area contributed by atoms with Gasteiger partial charge in [0.1, 0.15) is 17.8 Å². The molecule has 0 bridgehead atoms. The lowest BCUT2D eigenvalue weighted by molar-refractivity contribution is 0.145. The Balaban J connectivity index is 1.57. The summed E-state index contributed by atoms with van der Waals surface area (Å²) in [6, 6.07) is 1.78. The Labute approximate surface area is 127 Å².